The Morgan fingerprint density at radius 3 is 2.75 bits per heavy atom. The third-order valence-corrected chi connectivity index (χ3v) is 4.66. The molecular formula is C14H26O2. The van der Waals surface area contributed by atoms with Gasteiger partial charge in [-0.15, -0.1) is 0 Å². The maximum absolute atomic E-state index is 10.4. The first-order chi connectivity index (χ1) is 7.72. The molecule has 94 valence electrons. The van der Waals surface area contributed by atoms with Crippen molar-refractivity contribution in [1.29, 1.82) is 0 Å². The van der Waals surface area contributed by atoms with Crippen molar-refractivity contribution in [2.75, 3.05) is 6.61 Å². The van der Waals surface area contributed by atoms with E-state index in [1.807, 2.05) is 0 Å². The molecule has 5 unspecified atom stereocenters. The summed E-state index contributed by atoms with van der Waals surface area (Å²) in [4.78, 5) is 0. The van der Waals surface area contributed by atoms with E-state index >= 15 is 0 Å². The molecule has 16 heavy (non-hydrogen) atoms. The predicted molar refractivity (Wildman–Crippen MR) is 65.3 cm³/mol. The van der Waals surface area contributed by atoms with E-state index in [0.29, 0.717) is 11.8 Å². The van der Waals surface area contributed by atoms with Crippen molar-refractivity contribution in [1.82, 2.24) is 0 Å². The fourth-order valence-corrected chi connectivity index (χ4v) is 3.44. The van der Waals surface area contributed by atoms with Crippen molar-refractivity contribution in [3.63, 3.8) is 0 Å². The largest absolute Gasteiger partial charge is 0.390 e. The second kappa shape index (κ2) is 5.50. The monoisotopic (exact) mass is 226 g/mol. The van der Waals surface area contributed by atoms with Crippen LogP contribution in [-0.2, 0) is 4.74 Å². The number of hydrogen-bond donors (Lipinski definition) is 1. The van der Waals surface area contributed by atoms with Gasteiger partial charge in [-0.3, -0.25) is 0 Å². The average Bonchev–Trinajstić information content (AvgIpc) is 2.74. The molecule has 2 nitrogen and oxygen atoms in total. The van der Waals surface area contributed by atoms with Gasteiger partial charge in [-0.1, -0.05) is 33.1 Å². The Balaban J connectivity index is 1.90. The van der Waals surface area contributed by atoms with Crippen LogP contribution in [0.5, 0.6) is 0 Å². The molecule has 1 N–H and O–H groups in total. The molecule has 5 atom stereocenters. The zero-order valence-electron chi connectivity index (χ0n) is 10.7. The van der Waals surface area contributed by atoms with E-state index in [4.69, 9.17) is 4.74 Å². The topological polar surface area (TPSA) is 29.5 Å². The molecule has 0 aromatic heterocycles. The van der Waals surface area contributed by atoms with Crippen LogP contribution in [0, 0.1) is 17.8 Å². The van der Waals surface area contributed by atoms with E-state index in [9.17, 15) is 5.11 Å². The molecule has 0 aromatic carbocycles. The third kappa shape index (κ3) is 2.60. The van der Waals surface area contributed by atoms with Gasteiger partial charge in [0.1, 0.15) is 0 Å². The zero-order valence-corrected chi connectivity index (χ0v) is 10.7. The number of aliphatic hydroxyl groups is 1. The van der Waals surface area contributed by atoms with Crippen LogP contribution in [0.3, 0.4) is 0 Å². The maximum Gasteiger partial charge on any atom is 0.0862 e. The van der Waals surface area contributed by atoms with E-state index in [0.717, 1.165) is 18.9 Å². The average molecular weight is 226 g/mol. The van der Waals surface area contributed by atoms with Crippen molar-refractivity contribution in [2.45, 2.75) is 64.6 Å². The lowest BCUT2D eigenvalue weighted by molar-refractivity contribution is -0.0577. The molecule has 1 saturated carbocycles. The first-order valence-electron chi connectivity index (χ1n) is 7.02. The maximum atomic E-state index is 10.4. The summed E-state index contributed by atoms with van der Waals surface area (Å²) in [6.45, 7) is 5.32. The minimum atomic E-state index is -0.216. The molecule has 0 spiro atoms. The lowest BCUT2D eigenvalue weighted by Crippen LogP contribution is -2.38. The molecule has 0 aromatic rings. The van der Waals surface area contributed by atoms with Gasteiger partial charge in [-0.05, 0) is 37.0 Å². The quantitative estimate of drug-likeness (QED) is 0.801. The first kappa shape index (κ1) is 12.4. The van der Waals surface area contributed by atoms with Crippen LogP contribution in [0.1, 0.15) is 52.4 Å². The Labute approximate surface area is 99.4 Å². The number of rotatable bonds is 3. The van der Waals surface area contributed by atoms with Crippen LogP contribution in [-0.4, -0.2) is 23.9 Å². The lowest BCUT2D eigenvalue weighted by Gasteiger charge is -2.35. The van der Waals surface area contributed by atoms with E-state index in [-0.39, 0.29) is 12.2 Å². The highest BCUT2D eigenvalue weighted by Gasteiger charge is 2.37. The molecule has 2 rings (SSSR count). The molecular weight excluding hydrogens is 200 g/mol. The van der Waals surface area contributed by atoms with Crippen LogP contribution in [0.15, 0.2) is 0 Å². The highest BCUT2D eigenvalue weighted by atomic mass is 16.5. The zero-order chi connectivity index (χ0) is 11.5. The molecule has 0 radical (unpaired) electrons. The molecule has 0 amide bonds. The first-order valence-corrected chi connectivity index (χ1v) is 7.02. The van der Waals surface area contributed by atoms with Gasteiger partial charge in [-0.25, -0.2) is 0 Å². The summed E-state index contributed by atoms with van der Waals surface area (Å²) in [6, 6.07) is 0. The van der Waals surface area contributed by atoms with Gasteiger partial charge >= 0.3 is 0 Å². The number of aliphatic hydroxyl groups excluding tert-OH is 1. The molecule has 0 bridgehead atoms. The number of ether oxygens (including phenoxy) is 1. The Bertz CT molecular complexity index is 217. The standard InChI is InChI=1S/C14H26O2/c1-3-11-5-4-6-12(9-11)13(15)14-10(2)7-8-16-14/h10-15H,3-9H2,1-2H3. The summed E-state index contributed by atoms with van der Waals surface area (Å²) >= 11 is 0. The summed E-state index contributed by atoms with van der Waals surface area (Å²) in [6.07, 6.45) is 7.35. The van der Waals surface area contributed by atoms with Gasteiger partial charge in [-0.2, -0.15) is 0 Å². The summed E-state index contributed by atoms with van der Waals surface area (Å²) in [7, 11) is 0. The fraction of sp³-hybridized carbons (Fsp3) is 1.00. The van der Waals surface area contributed by atoms with Gasteiger partial charge in [0.2, 0.25) is 0 Å². The van der Waals surface area contributed by atoms with Crippen LogP contribution in [0.4, 0.5) is 0 Å². The number of hydrogen-bond acceptors (Lipinski definition) is 2. The molecule has 2 fully saturated rings. The summed E-state index contributed by atoms with van der Waals surface area (Å²) in [5, 5.41) is 10.4. The smallest absolute Gasteiger partial charge is 0.0862 e. The lowest BCUT2D eigenvalue weighted by atomic mass is 9.75. The Morgan fingerprint density at radius 1 is 1.31 bits per heavy atom. The minimum absolute atomic E-state index is 0.112. The minimum Gasteiger partial charge on any atom is -0.390 e. The van der Waals surface area contributed by atoms with E-state index in [1.165, 1.54) is 32.1 Å². The van der Waals surface area contributed by atoms with Gasteiger partial charge in [0.05, 0.1) is 12.2 Å². The van der Waals surface area contributed by atoms with Crippen molar-refractivity contribution in [2.24, 2.45) is 17.8 Å². The molecule has 2 heteroatoms. The molecule has 2 aliphatic rings. The molecule has 1 saturated heterocycles. The van der Waals surface area contributed by atoms with Crippen LogP contribution in [0.25, 0.3) is 0 Å². The van der Waals surface area contributed by atoms with Crippen molar-refractivity contribution >= 4 is 0 Å². The van der Waals surface area contributed by atoms with Crippen molar-refractivity contribution in [3.8, 4) is 0 Å². The SMILES string of the molecule is CCC1CCCC(C(O)C2OCCC2C)C1. The molecule has 1 heterocycles. The second-order valence-electron chi connectivity index (χ2n) is 5.79. The third-order valence-electron chi connectivity index (χ3n) is 4.66. The van der Waals surface area contributed by atoms with Crippen LogP contribution < -0.4 is 0 Å². The van der Waals surface area contributed by atoms with Gasteiger partial charge in [0.25, 0.3) is 0 Å². The highest BCUT2D eigenvalue weighted by Crippen LogP contribution is 2.36. The summed E-state index contributed by atoms with van der Waals surface area (Å²) in [5.41, 5.74) is 0. The Morgan fingerprint density at radius 2 is 2.12 bits per heavy atom. The van der Waals surface area contributed by atoms with E-state index < -0.39 is 0 Å². The Kier molecular flexibility index (Phi) is 4.26. The molecule has 1 aliphatic heterocycles. The second-order valence-corrected chi connectivity index (χ2v) is 5.79. The van der Waals surface area contributed by atoms with E-state index in [1.54, 1.807) is 0 Å². The van der Waals surface area contributed by atoms with E-state index in [2.05, 4.69) is 13.8 Å². The van der Waals surface area contributed by atoms with Crippen LogP contribution >= 0.6 is 0 Å². The van der Waals surface area contributed by atoms with Crippen LogP contribution in [0.2, 0.25) is 0 Å². The van der Waals surface area contributed by atoms with Gasteiger partial charge < -0.3 is 9.84 Å². The highest BCUT2D eigenvalue weighted by molar-refractivity contribution is 4.87. The fourth-order valence-electron chi connectivity index (χ4n) is 3.44. The molecule has 1 aliphatic carbocycles. The van der Waals surface area contributed by atoms with Crippen molar-refractivity contribution < 1.29 is 9.84 Å². The summed E-state index contributed by atoms with van der Waals surface area (Å²) < 4.78 is 5.70. The van der Waals surface area contributed by atoms with Gasteiger partial charge in [0, 0.05) is 6.61 Å². The van der Waals surface area contributed by atoms with Gasteiger partial charge in [0.15, 0.2) is 0 Å². The summed E-state index contributed by atoms with van der Waals surface area (Å²) in [5.74, 6) is 1.87. The Hall–Kier alpha value is -0.0800. The van der Waals surface area contributed by atoms with Crippen molar-refractivity contribution in [3.05, 3.63) is 0 Å². The normalized spacial score (nSPS) is 42.2. The predicted octanol–water partition coefficient (Wildman–Crippen LogP) is 2.99.